The van der Waals surface area contributed by atoms with Gasteiger partial charge in [-0.15, -0.1) is 0 Å². The molecule has 0 unspecified atom stereocenters. The van der Waals surface area contributed by atoms with Crippen molar-refractivity contribution in [3.63, 3.8) is 0 Å². The zero-order valence-electron chi connectivity index (χ0n) is 5.79. The van der Waals surface area contributed by atoms with Crippen molar-refractivity contribution in [1.29, 1.82) is 0 Å². The summed E-state index contributed by atoms with van der Waals surface area (Å²) in [6.45, 7) is 0. The number of rotatable bonds is 3. The predicted molar refractivity (Wildman–Crippen MR) is 31.5 cm³/mol. The topological polar surface area (TPSA) is 88.5 Å². The van der Waals surface area contributed by atoms with Crippen molar-refractivity contribution in [2.75, 3.05) is 0 Å². The van der Waals surface area contributed by atoms with Gasteiger partial charge in [0, 0.05) is 0 Å². The Balaban J connectivity index is 5.79. The Morgan fingerprint density at radius 1 is 0.857 bits per heavy atom. The maximum Gasteiger partial charge on any atom is 0.454 e. The van der Waals surface area contributed by atoms with Crippen LogP contribution in [0.25, 0.3) is 0 Å². The minimum absolute atomic E-state index is 6.45. The van der Waals surface area contributed by atoms with Gasteiger partial charge in [-0.05, 0) is 0 Å². The smallest absolute Gasteiger partial charge is 0.281 e. The molecule has 0 aliphatic rings. The van der Waals surface area contributed by atoms with Gasteiger partial charge >= 0.3 is 30.9 Å². The second kappa shape index (κ2) is 3.00. The van der Waals surface area contributed by atoms with E-state index in [0.29, 0.717) is 0 Å². The molecule has 14 heavy (non-hydrogen) atoms. The molecule has 12 heteroatoms. The van der Waals surface area contributed by atoms with Crippen molar-refractivity contribution in [2.45, 2.75) is 10.5 Å². The first kappa shape index (κ1) is 13.5. The van der Waals surface area contributed by atoms with Crippen molar-refractivity contribution in [3.8, 4) is 0 Å². The van der Waals surface area contributed by atoms with Gasteiger partial charge in [0.05, 0.1) is 0 Å². The molecule has 0 rings (SSSR count). The van der Waals surface area contributed by atoms with Crippen LogP contribution in [-0.4, -0.2) is 31.9 Å². The fourth-order valence-electron chi connectivity index (χ4n) is 0.292. The molecular formula is C2HF5O5S2. The van der Waals surface area contributed by atoms with Crippen LogP contribution in [0.1, 0.15) is 0 Å². The highest BCUT2D eigenvalue weighted by atomic mass is 32.3. The van der Waals surface area contributed by atoms with Gasteiger partial charge in [-0.25, -0.2) is 0 Å². The van der Waals surface area contributed by atoms with Gasteiger partial charge in [-0.3, -0.25) is 4.55 Å². The van der Waals surface area contributed by atoms with Crippen LogP contribution in [0.15, 0.2) is 0 Å². The Morgan fingerprint density at radius 3 is 1.21 bits per heavy atom. The van der Waals surface area contributed by atoms with E-state index in [1.807, 2.05) is 0 Å². The van der Waals surface area contributed by atoms with E-state index in [-0.39, 0.29) is 0 Å². The van der Waals surface area contributed by atoms with Gasteiger partial charge in [0.15, 0.2) is 0 Å². The van der Waals surface area contributed by atoms with Crippen LogP contribution in [0.4, 0.5) is 21.4 Å². The van der Waals surface area contributed by atoms with Crippen molar-refractivity contribution in [1.82, 2.24) is 0 Å². The minimum Gasteiger partial charge on any atom is -0.281 e. The molecule has 0 spiro atoms. The summed E-state index contributed by atoms with van der Waals surface area (Å²) < 4.78 is 105. The van der Waals surface area contributed by atoms with Crippen LogP contribution >= 0.6 is 0 Å². The lowest BCUT2D eigenvalue weighted by Gasteiger charge is -2.19. The van der Waals surface area contributed by atoms with Gasteiger partial charge < -0.3 is 0 Å². The van der Waals surface area contributed by atoms with E-state index in [4.69, 9.17) is 4.55 Å². The monoisotopic (exact) mass is 264 g/mol. The third-order valence-corrected chi connectivity index (χ3v) is 2.87. The molecule has 0 aliphatic carbocycles. The summed E-state index contributed by atoms with van der Waals surface area (Å²) in [5.74, 6) is 0. The fraction of sp³-hybridized carbons (Fsp3) is 1.00. The Morgan fingerprint density at radius 2 is 1.14 bits per heavy atom. The third kappa shape index (κ3) is 1.81. The first-order valence-electron chi connectivity index (χ1n) is 2.42. The molecule has 0 aromatic heterocycles. The average Bonchev–Trinajstić information content (AvgIpc) is 1.81. The lowest BCUT2D eigenvalue weighted by molar-refractivity contribution is -0.103. The van der Waals surface area contributed by atoms with Crippen LogP contribution in [-0.2, 0) is 20.3 Å². The molecule has 1 N–H and O–H groups in total. The van der Waals surface area contributed by atoms with E-state index >= 15 is 0 Å². The molecule has 0 aliphatic heterocycles. The molecule has 0 bridgehead atoms. The molecule has 0 aromatic carbocycles. The van der Waals surface area contributed by atoms with Crippen LogP contribution in [0.5, 0.6) is 0 Å². The maximum absolute atomic E-state index is 12.0. The molecule has 0 fully saturated rings. The summed E-state index contributed by atoms with van der Waals surface area (Å²) in [5, 5.41) is -13.0. The molecule has 0 radical (unpaired) electrons. The van der Waals surface area contributed by atoms with Crippen molar-refractivity contribution in [3.05, 3.63) is 0 Å². The SMILES string of the molecule is O=S(=O)(O)C(F)(F)C(F)(F)S(=O)(=O)F. The summed E-state index contributed by atoms with van der Waals surface area (Å²) in [7, 11) is -13.9. The zero-order chi connectivity index (χ0) is 12.0. The zero-order valence-corrected chi connectivity index (χ0v) is 7.42. The van der Waals surface area contributed by atoms with Gasteiger partial charge in [-0.2, -0.15) is 34.4 Å². The molecule has 0 atom stereocenters. The van der Waals surface area contributed by atoms with Crippen LogP contribution in [0.2, 0.25) is 0 Å². The highest BCUT2D eigenvalue weighted by molar-refractivity contribution is 7.91. The maximum atomic E-state index is 12.0. The quantitative estimate of drug-likeness (QED) is 0.451. The number of hydrogen-bond acceptors (Lipinski definition) is 4. The first-order chi connectivity index (χ1) is 5.75. The number of hydrogen-bond donors (Lipinski definition) is 1. The van der Waals surface area contributed by atoms with Gasteiger partial charge in [0.1, 0.15) is 0 Å². The molecule has 0 aromatic rings. The molecule has 0 saturated heterocycles. The van der Waals surface area contributed by atoms with E-state index in [9.17, 15) is 38.3 Å². The van der Waals surface area contributed by atoms with Crippen LogP contribution in [0, 0.1) is 0 Å². The average molecular weight is 264 g/mol. The van der Waals surface area contributed by atoms with Crippen LogP contribution in [0.3, 0.4) is 0 Å². The summed E-state index contributed by atoms with van der Waals surface area (Å²) in [6, 6.07) is 0. The molecule has 0 amide bonds. The van der Waals surface area contributed by atoms with Gasteiger partial charge in [0.2, 0.25) is 0 Å². The first-order valence-corrected chi connectivity index (χ1v) is 5.24. The molecule has 86 valence electrons. The summed E-state index contributed by atoms with van der Waals surface area (Å²) in [5.41, 5.74) is 0. The van der Waals surface area contributed by atoms with E-state index in [1.165, 1.54) is 0 Å². The second-order valence-electron chi connectivity index (χ2n) is 1.95. The lowest BCUT2D eigenvalue weighted by atomic mass is 10.7. The highest BCUT2D eigenvalue weighted by Crippen LogP contribution is 2.42. The summed E-state index contributed by atoms with van der Waals surface area (Å²) >= 11 is 0. The number of alkyl halides is 4. The van der Waals surface area contributed by atoms with E-state index in [1.54, 1.807) is 0 Å². The molecule has 0 heterocycles. The predicted octanol–water partition coefficient (Wildman–Crippen LogP) is 0.359. The van der Waals surface area contributed by atoms with E-state index in [0.717, 1.165) is 0 Å². The Labute approximate surface area is 74.5 Å². The fourth-order valence-corrected chi connectivity index (χ4v) is 1.49. The van der Waals surface area contributed by atoms with E-state index < -0.39 is 30.9 Å². The summed E-state index contributed by atoms with van der Waals surface area (Å²) in [4.78, 5) is 0. The molecule has 5 nitrogen and oxygen atoms in total. The van der Waals surface area contributed by atoms with E-state index in [2.05, 4.69) is 0 Å². The van der Waals surface area contributed by atoms with Crippen molar-refractivity contribution >= 4 is 20.3 Å². The second-order valence-corrected chi connectivity index (χ2v) is 4.80. The number of halogens is 5. The standard InChI is InChI=1S/C2HF5O5S2/c3-1(4,13(7,8)9)2(5,6)14(10,11)12/h(H,10,11,12). The molecule has 0 saturated carbocycles. The Kier molecular flexibility index (Phi) is 2.89. The normalized spacial score (nSPS) is 15.6. The Hall–Kier alpha value is -0.490. The minimum atomic E-state index is -7.17. The van der Waals surface area contributed by atoms with Crippen molar-refractivity contribution < 1.29 is 42.8 Å². The Bertz CT molecular complexity index is 377. The lowest BCUT2D eigenvalue weighted by Crippen LogP contribution is -2.50. The largest absolute Gasteiger partial charge is 0.454 e. The highest BCUT2D eigenvalue weighted by Gasteiger charge is 2.74. The molecular weight excluding hydrogens is 263 g/mol. The van der Waals surface area contributed by atoms with Crippen molar-refractivity contribution in [2.24, 2.45) is 0 Å². The van der Waals surface area contributed by atoms with Gasteiger partial charge in [0.25, 0.3) is 0 Å². The third-order valence-electron chi connectivity index (χ3n) is 0.969. The van der Waals surface area contributed by atoms with Gasteiger partial charge in [-0.1, -0.05) is 3.89 Å². The van der Waals surface area contributed by atoms with Crippen LogP contribution < -0.4 is 0 Å². The summed E-state index contributed by atoms with van der Waals surface area (Å²) in [6.07, 6.45) is 0.